The van der Waals surface area contributed by atoms with Crippen LogP contribution in [0.3, 0.4) is 0 Å². The monoisotopic (exact) mass is 420 g/mol. The summed E-state index contributed by atoms with van der Waals surface area (Å²) in [7, 11) is 1.65. The SMILES string of the molecule is COCC(O)CCN1CCN(C2c3ccccc3C3C(c4ccccc42)C3(C)C)CC1. The number of piperazine rings is 1. The van der Waals surface area contributed by atoms with Gasteiger partial charge in [-0.1, -0.05) is 62.4 Å². The van der Waals surface area contributed by atoms with Gasteiger partial charge in [0.25, 0.3) is 0 Å². The highest BCUT2D eigenvalue weighted by Gasteiger charge is 2.61. The van der Waals surface area contributed by atoms with Gasteiger partial charge in [-0.25, -0.2) is 0 Å². The summed E-state index contributed by atoms with van der Waals surface area (Å²) in [6.07, 6.45) is 0.417. The van der Waals surface area contributed by atoms with Crippen molar-refractivity contribution >= 4 is 0 Å². The van der Waals surface area contributed by atoms with Crippen LogP contribution in [0, 0.1) is 5.41 Å². The summed E-state index contributed by atoms with van der Waals surface area (Å²) >= 11 is 0. The van der Waals surface area contributed by atoms with Crippen molar-refractivity contribution < 1.29 is 9.84 Å². The molecule has 3 unspecified atom stereocenters. The molecule has 1 N–H and O–H groups in total. The number of nitrogens with zero attached hydrogens (tertiary/aromatic N) is 2. The number of aliphatic hydroxyl groups excluding tert-OH is 1. The van der Waals surface area contributed by atoms with Gasteiger partial charge in [0.05, 0.1) is 18.8 Å². The van der Waals surface area contributed by atoms with Crippen molar-refractivity contribution in [3.8, 4) is 0 Å². The number of ether oxygens (including phenoxy) is 1. The molecule has 0 radical (unpaired) electrons. The third-order valence-electron chi connectivity index (χ3n) is 7.99. The molecule has 0 spiro atoms. The highest BCUT2D eigenvalue weighted by Crippen LogP contribution is 2.72. The molecule has 1 saturated heterocycles. The molecular formula is C27H36N2O2. The lowest BCUT2D eigenvalue weighted by Gasteiger charge is -2.41. The van der Waals surface area contributed by atoms with Crippen LogP contribution in [0.1, 0.15) is 60.4 Å². The second-order valence-electron chi connectivity index (χ2n) is 10.2. The van der Waals surface area contributed by atoms with Crippen molar-refractivity contribution in [3.63, 3.8) is 0 Å². The maximum Gasteiger partial charge on any atom is 0.0785 e. The van der Waals surface area contributed by atoms with Crippen molar-refractivity contribution in [1.82, 2.24) is 9.80 Å². The third-order valence-corrected chi connectivity index (χ3v) is 7.99. The van der Waals surface area contributed by atoms with E-state index in [2.05, 4.69) is 72.2 Å². The smallest absolute Gasteiger partial charge is 0.0785 e. The zero-order chi connectivity index (χ0) is 21.6. The van der Waals surface area contributed by atoms with Crippen LogP contribution < -0.4 is 0 Å². The summed E-state index contributed by atoms with van der Waals surface area (Å²) in [5, 5.41) is 9.99. The van der Waals surface area contributed by atoms with Crippen LogP contribution in [0.4, 0.5) is 0 Å². The Hall–Kier alpha value is -1.72. The van der Waals surface area contributed by atoms with E-state index < -0.39 is 0 Å². The molecular weight excluding hydrogens is 384 g/mol. The first kappa shape index (κ1) is 21.1. The van der Waals surface area contributed by atoms with Crippen LogP contribution in [0.5, 0.6) is 0 Å². The van der Waals surface area contributed by atoms with E-state index in [0.717, 1.165) is 39.1 Å². The van der Waals surface area contributed by atoms with Crippen LogP contribution in [0.25, 0.3) is 0 Å². The summed E-state index contributed by atoms with van der Waals surface area (Å²) in [5.74, 6) is 1.25. The number of methoxy groups -OCH3 is 1. The molecule has 1 heterocycles. The summed E-state index contributed by atoms with van der Waals surface area (Å²) in [4.78, 5) is 5.18. The molecule has 2 fully saturated rings. The topological polar surface area (TPSA) is 35.9 Å². The van der Waals surface area contributed by atoms with E-state index in [-0.39, 0.29) is 6.10 Å². The van der Waals surface area contributed by atoms with Crippen LogP contribution in [0.15, 0.2) is 48.5 Å². The number of fused-ring (bicyclic) bond motifs is 5. The van der Waals surface area contributed by atoms with Gasteiger partial charge >= 0.3 is 0 Å². The minimum Gasteiger partial charge on any atom is -0.391 e. The maximum absolute atomic E-state index is 9.99. The average molecular weight is 421 g/mol. The summed E-state index contributed by atoms with van der Waals surface area (Å²) in [6.45, 7) is 10.5. The predicted molar refractivity (Wildman–Crippen MR) is 125 cm³/mol. The second kappa shape index (κ2) is 8.32. The van der Waals surface area contributed by atoms with Gasteiger partial charge in [-0.2, -0.15) is 0 Å². The Morgan fingerprint density at radius 2 is 1.42 bits per heavy atom. The largest absolute Gasteiger partial charge is 0.391 e. The van der Waals surface area contributed by atoms with Gasteiger partial charge in [0.2, 0.25) is 0 Å². The molecule has 0 amide bonds. The minimum atomic E-state index is -0.362. The van der Waals surface area contributed by atoms with Crippen molar-refractivity contribution in [2.75, 3.05) is 46.4 Å². The maximum atomic E-state index is 9.99. The zero-order valence-corrected chi connectivity index (χ0v) is 19.1. The zero-order valence-electron chi connectivity index (χ0n) is 19.1. The molecule has 0 aromatic heterocycles. The molecule has 31 heavy (non-hydrogen) atoms. The van der Waals surface area contributed by atoms with Gasteiger partial charge in [0.15, 0.2) is 0 Å². The summed E-state index contributed by atoms with van der Waals surface area (Å²) in [6, 6.07) is 18.7. The quantitative estimate of drug-likeness (QED) is 0.766. The highest BCUT2D eigenvalue weighted by molar-refractivity contribution is 5.55. The van der Waals surface area contributed by atoms with Crippen LogP contribution in [-0.2, 0) is 4.74 Å². The van der Waals surface area contributed by atoms with Crippen LogP contribution in [-0.4, -0.2) is 67.5 Å². The number of benzene rings is 2. The Morgan fingerprint density at radius 3 is 1.94 bits per heavy atom. The molecule has 4 nitrogen and oxygen atoms in total. The van der Waals surface area contributed by atoms with Gasteiger partial charge in [-0.15, -0.1) is 0 Å². The highest BCUT2D eigenvalue weighted by atomic mass is 16.5. The fourth-order valence-corrected chi connectivity index (χ4v) is 6.30. The first-order valence-corrected chi connectivity index (χ1v) is 11.8. The van der Waals surface area contributed by atoms with Crippen molar-refractivity contribution in [2.24, 2.45) is 5.41 Å². The van der Waals surface area contributed by atoms with Crippen molar-refractivity contribution in [2.45, 2.75) is 44.2 Å². The molecule has 3 atom stereocenters. The van der Waals surface area contributed by atoms with Gasteiger partial charge in [-0.3, -0.25) is 4.90 Å². The Kier molecular flexibility index (Phi) is 5.68. The lowest BCUT2D eigenvalue weighted by Crippen LogP contribution is -2.48. The van der Waals surface area contributed by atoms with E-state index in [0.29, 0.717) is 29.9 Å². The molecule has 2 aromatic rings. The fraction of sp³-hybridized carbons (Fsp3) is 0.556. The molecule has 1 aliphatic heterocycles. The lowest BCUT2D eigenvalue weighted by atomic mass is 9.87. The van der Waals surface area contributed by atoms with Crippen molar-refractivity contribution in [3.05, 3.63) is 70.8 Å². The Bertz CT molecular complexity index is 863. The standard InChI is InChI=1S/C27H36N2O2/c1-27(2)24-20-8-4-6-10-22(20)26(23-11-7-5-9-21(23)25(24)27)29-16-14-28(15-17-29)13-12-19(30)18-31-3/h4-11,19,24-26,30H,12-18H2,1-3H3. The fourth-order valence-electron chi connectivity index (χ4n) is 6.30. The molecule has 2 aromatic carbocycles. The normalized spacial score (nSPS) is 28.2. The van der Waals surface area contributed by atoms with E-state index >= 15 is 0 Å². The van der Waals surface area contributed by atoms with Gasteiger partial charge in [-0.05, 0) is 45.9 Å². The molecule has 4 heteroatoms. The van der Waals surface area contributed by atoms with Gasteiger partial charge < -0.3 is 14.7 Å². The third kappa shape index (κ3) is 3.74. The lowest BCUT2D eigenvalue weighted by molar-refractivity contribution is 0.0430. The van der Waals surface area contributed by atoms with E-state index in [1.165, 1.54) is 11.1 Å². The van der Waals surface area contributed by atoms with E-state index in [4.69, 9.17) is 4.74 Å². The van der Waals surface area contributed by atoms with Crippen LogP contribution >= 0.6 is 0 Å². The number of aliphatic hydroxyl groups is 1. The Labute approximate surface area is 186 Å². The number of hydrogen-bond donors (Lipinski definition) is 1. The van der Waals surface area contributed by atoms with E-state index in [9.17, 15) is 5.11 Å². The second-order valence-corrected chi connectivity index (χ2v) is 10.2. The molecule has 0 bridgehead atoms. The predicted octanol–water partition coefficient (Wildman–Crippen LogP) is 4.01. The summed E-state index contributed by atoms with van der Waals surface area (Å²) < 4.78 is 5.07. The first-order valence-electron chi connectivity index (χ1n) is 11.8. The Morgan fingerprint density at radius 1 is 0.903 bits per heavy atom. The first-order chi connectivity index (χ1) is 15.0. The molecule has 3 aliphatic rings. The van der Waals surface area contributed by atoms with Gasteiger partial charge in [0, 0.05) is 39.8 Å². The molecule has 166 valence electrons. The number of rotatable bonds is 6. The summed E-state index contributed by atoms with van der Waals surface area (Å²) in [5.41, 5.74) is 6.47. The minimum absolute atomic E-state index is 0.332. The Balaban J connectivity index is 1.39. The van der Waals surface area contributed by atoms with Crippen LogP contribution in [0.2, 0.25) is 0 Å². The average Bonchev–Trinajstić information content (AvgIpc) is 3.39. The van der Waals surface area contributed by atoms with Gasteiger partial charge in [0.1, 0.15) is 0 Å². The number of hydrogen-bond acceptors (Lipinski definition) is 4. The van der Waals surface area contributed by atoms with Crippen molar-refractivity contribution in [1.29, 1.82) is 0 Å². The molecule has 1 saturated carbocycles. The van der Waals surface area contributed by atoms with E-state index in [1.807, 2.05) is 0 Å². The molecule has 2 aliphatic carbocycles. The van der Waals surface area contributed by atoms with E-state index in [1.54, 1.807) is 18.2 Å². The molecule has 5 rings (SSSR count).